The highest BCUT2D eigenvalue weighted by atomic mass is 32.1. The first kappa shape index (κ1) is 7.63. The van der Waals surface area contributed by atoms with E-state index in [9.17, 15) is 0 Å². The molecule has 2 N–H and O–H groups in total. The van der Waals surface area contributed by atoms with Gasteiger partial charge in [-0.2, -0.15) is 5.11 Å². The lowest BCUT2D eigenvalue weighted by atomic mass is 10.6. The molecule has 0 fully saturated rings. The molecule has 0 radical (unpaired) electrons. The normalized spacial score (nSPS) is 11.8. The lowest BCUT2D eigenvalue weighted by Crippen LogP contribution is -1.78. The third-order valence-electron chi connectivity index (χ3n) is 1.29. The Bertz CT molecular complexity index is 396. The minimum atomic E-state index is 0.608. The van der Waals surface area contributed by atoms with E-state index in [4.69, 9.17) is 5.73 Å². The van der Waals surface area contributed by atoms with Crippen molar-refractivity contribution in [1.29, 1.82) is 0 Å². The van der Waals surface area contributed by atoms with E-state index in [0.717, 1.165) is 14.5 Å². The van der Waals surface area contributed by atoms with Gasteiger partial charge in [0.2, 0.25) is 0 Å². The van der Waals surface area contributed by atoms with E-state index in [1.54, 1.807) is 7.05 Å². The smallest absolute Gasteiger partial charge is 0.181 e. The molecule has 0 saturated heterocycles. The number of hydrogen-bond acceptors (Lipinski definition) is 6. The number of rotatable bonds is 1. The van der Waals surface area contributed by atoms with Gasteiger partial charge in [0.15, 0.2) is 5.13 Å². The number of nitrogen functional groups attached to an aromatic ring is 1. The van der Waals surface area contributed by atoms with Gasteiger partial charge < -0.3 is 5.73 Å². The number of nitrogens with two attached hydrogens (primary N) is 1. The Morgan fingerprint density at radius 3 is 3.00 bits per heavy atom. The maximum atomic E-state index is 5.52. The third-order valence-corrected chi connectivity index (χ3v) is 3.17. The van der Waals surface area contributed by atoms with Crippen LogP contribution < -0.4 is 5.73 Å². The molecule has 2 rings (SSSR count). The van der Waals surface area contributed by atoms with Crippen LogP contribution in [0.5, 0.6) is 0 Å². The van der Waals surface area contributed by atoms with Gasteiger partial charge in [-0.3, -0.25) is 0 Å². The molecular weight excluding hydrogens is 192 g/mol. The average Bonchev–Trinajstić information content (AvgIpc) is 2.44. The van der Waals surface area contributed by atoms with Crippen molar-refractivity contribution in [3.63, 3.8) is 0 Å². The number of fused-ring (bicyclic) bond motifs is 1. The van der Waals surface area contributed by atoms with E-state index in [1.165, 1.54) is 22.7 Å². The molecule has 62 valence electrons. The van der Waals surface area contributed by atoms with Crippen molar-refractivity contribution in [2.45, 2.75) is 0 Å². The van der Waals surface area contributed by atoms with E-state index < -0.39 is 0 Å². The molecule has 0 saturated carbocycles. The maximum absolute atomic E-state index is 5.52. The average molecular weight is 198 g/mol. The van der Waals surface area contributed by atoms with Gasteiger partial charge in [0, 0.05) is 7.05 Å². The van der Waals surface area contributed by atoms with E-state index in [0.29, 0.717) is 5.13 Å². The maximum Gasteiger partial charge on any atom is 0.181 e. The molecule has 4 nitrogen and oxygen atoms in total. The largest absolute Gasteiger partial charge is 0.375 e. The zero-order valence-electron chi connectivity index (χ0n) is 6.31. The first-order valence-electron chi connectivity index (χ1n) is 3.25. The summed E-state index contributed by atoms with van der Waals surface area (Å²) in [5.74, 6) is 0. The Hall–Kier alpha value is -1.01. The second-order valence-corrected chi connectivity index (χ2v) is 4.18. The van der Waals surface area contributed by atoms with E-state index >= 15 is 0 Å². The molecule has 6 heteroatoms. The van der Waals surface area contributed by atoms with Crippen molar-refractivity contribution < 1.29 is 0 Å². The van der Waals surface area contributed by atoms with Crippen molar-refractivity contribution in [2.24, 2.45) is 10.2 Å². The summed E-state index contributed by atoms with van der Waals surface area (Å²) in [5, 5.41) is 9.09. The first-order chi connectivity index (χ1) is 5.79. The van der Waals surface area contributed by atoms with Gasteiger partial charge in [-0.1, -0.05) is 22.7 Å². The van der Waals surface area contributed by atoms with Crippen LogP contribution in [0.4, 0.5) is 10.1 Å². The van der Waals surface area contributed by atoms with Crippen LogP contribution in [-0.4, -0.2) is 12.0 Å². The molecule has 0 unspecified atom stereocenters. The van der Waals surface area contributed by atoms with Gasteiger partial charge in [-0.25, -0.2) is 4.98 Å². The predicted molar refractivity (Wildman–Crippen MR) is 52.3 cm³/mol. The number of thiazole rings is 1. The SMILES string of the molecule is C/N=N/c1cc2sc(N)nc2s1. The fraction of sp³-hybridized carbons (Fsp3) is 0.167. The quantitative estimate of drug-likeness (QED) is 0.716. The van der Waals surface area contributed by atoms with Crippen molar-refractivity contribution in [3.05, 3.63) is 6.07 Å². The van der Waals surface area contributed by atoms with Crippen LogP contribution in [0.3, 0.4) is 0 Å². The molecule has 0 bridgehead atoms. The second-order valence-electron chi connectivity index (χ2n) is 2.11. The topological polar surface area (TPSA) is 63.6 Å². The molecule has 2 aromatic heterocycles. The summed E-state index contributed by atoms with van der Waals surface area (Å²) in [5.41, 5.74) is 5.52. The number of thiophene rings is 1. The third kappa shape index (κ3) is 1.19. The molecule has 0 aliphatic heterocycles. The van der Waals surface area contributed by atoms with Crippen LogP contribution in [0.15, 0.2) is 16.3 Å². The lowest BCUT2D eigenvalue weighted by molar-refractivity contribution is 1.19. The molecule has 2 heterocycles. The van der Waals surface area contributed by atoms with Crippen molar-refractivity contribution in [3.8, 4) is 0 Å². The molecule has 0 aliphatic rings. The molecule has 0 spiro atoms. The predicted octanol–water partition coefficient (Wildman–Crippen LogP) is 2.65. The van der Waals surface area contributed by atoms with Gasteiger partial charge in [-0.15, -0.1) is 5.11 Å². The minimum Gasteiger partial charge on any atom is -0.375 e. The summed E-state index contributed by atoms with van der Waals surface area (Å²) < 4.78 is 1.08. The van der Waals surface area contributed by atoms with Gasteiger partial charge in [0.05, 0.1) is 4.70 Å². The molecule has 2 aromatic rings. The van der Waals surface area contributed by atoms with Gasteiger partial charge in [-0.05, 0) is 6.07 Å². The molecule has 0 amide bonds. The van der Waals surface area contributed by atoms with Crippen LogP contribution in [-0.2, 0) is 0 Å². The number of azo groups is 1. The minimum absolute atomic E-state index is 0.608. The van der Waals surface area contributed by atoms with Crippen molar-refractivity contribution >= 4 is 42.3 Å². The summed E-state index contributed by atoms with van der Waals surface area (Å²) >= 11 is 2.98. The zero-order chi connectivity index (χ0) is 8.55. The van der Waals surface area contributed by atoms with Crippen molar-refractivity contribution in [1.82, 2.24) is 4.98 Å². The lowest BCUT2D eigenvalue weighted by Gasteiger charge is -1.77. The van der Waals surface area contributed by atoms with Crippen LogP contribution in [0, 0.1) is 0 Å². The molecular formula is C6H6N4S2. The molecule has 12 heavy (non-hydrogen) atoms. The molecule has 0 aliphatic carbocycles. The summed E-state index contributed by atoms with van der Waals surface area (Å²) in [6.45, 7) is 0. The van der Waals surface area contributed by atoms with E-state index in [-0.39, 0.29) is 0 Å². The standard InChI is InChI=1S/C6H6N4S2/c1-8-10-4-2-3-5(12-4)9-6(7)11-3/h2H,1H3,(H2,7,9)/b10-8+. The Labute approximate surface area is 76.8 Å². The highest BCUT2D eigenvalue weighted by molar-refractivity contribution is 7.30. The van der Waals surface area contributed by atoms with Crippen LogP contribution in [0.2, 0.25) is 0 Å². The zero-order valence-corrected chi connectivity index (χ0v) is 7.95. The fourth-order valence-corrected chi connectivity index (χ4v) is 2.74. The number of hydrogen-bond donors (Lipinski definition) is 1. The van der Waals surface area contributed by atoms with Crippen LogP contribution in [0.1, 0.15) is 0 Å². The fourth-order valence-electron chi connectivity index (χ4n) is 0.887. The van der Waals surface area contributed by atoms with E-state index in [2.05, 4.69) is 15.2 Å². The summed E-state index contributed by atoms with van der Waals surface area (Å²) in [6.07, 6.45) is 0. The Kier molecular flexibility index (Phi) is 1.78. The van der Waals surface area contributed by atoms with Crippen LogP contribution in [0.25, 0.3) is 9.53 Å². The highest BCUT2D eigenvalue weighted by Gasteiger charge is 2.05. The Morgan fingerprint density at radius 2 is 2.33 bits per heavy atom. The Balaban J connectivity index is 2.57. The van der Waals surface area contributed by atoms with Gasteiger partial charge >= 0.3 is 0 Å². The Morgan fingerprint density at radius 1 is 1.50 bits per heavy atom. The summed E-state index contributed by atoms with van der Waals surface area (Å²) in [6, 6.07) is 1.95. The second kappa shape index (κ2) is 2.80. The number of anilines is 1. The van der Waals surface area contributed by atoms with Crippen LogP contribution >= 0.6 is 22.7 Å². The van der Waals surface area contributed by atoms with Crippen molar-refractivity contribution in [2.75, 3.05) is 12.8 Å². The number of aromatic nitrogens is 1. The highest BCUT2D eigenvalue weighted by Crippen LogP contribution is 2.35. The molecule has 0 aromatic carbocycles. The summed E-state index contributed by atoms with van der Waals surface area (Å²) in [4.78, 5) is 5.07. The van der Waals surface area contributed by atoms with Gasteiger partial charge in [0.1, 0.15) is 9.83 Å². The number of nitrogens with zero attached hydrogens (tertiary/aromatic N) is 3. The summed E-state index contributed by atoms with van der Waals surface area (Å²) in [7, 11) is 1.65. The van der Waals surface area contributed by atoms with E-state index in [1.807, 2.05) is 6.07 Å². The monoisotopic (exact) mass is 198 g/mol. The first-order valence-corrected chi connectivity index (χ1v) is 4.88. The molecule has 0 atom stereocenters. The van der Waals surface area contributed by atoms with Gasteiger partial charge in [0.25, 0.3) is 0 Å².